The first-order valence-electron chi connectivity index (χ1n) is 17.9. The van der Waals surface area contributed by atoms with Crippen LogP contribution in [0.25, 0.3) is 0 Å². The fraction of sp³-hybridized carbons (Fsp3) is 0.853. The first kappa shape index (κ1) is 49.8. The molecule has 0 rings (SSSR count). The molecule has 0 unspecified atom stereocenters. The van der Waals surface area contributed by atoms with Gasteiger partial charge in [-0.3, -0.25) is 19.2 Å². The van der Waals surface area contributed by atoms with Crippen molar-refractivity contribution in [2.75, 3.05) is 119 Å². The van der Waals surface area contributed by atoms with Crippen molar-refractivity contribution in [2.45, 2.75) is 71.9 Å². The Hall–Kier alpha value is -3.17. The highest BCUT2D eigenvalue weighted by atomic mass is 17.2. The second-order valence-electron chi connectivity index (χ2n) is 12.2. The minimum atomic E-state index is -1.26. The van der Waals surface area contributed by atoms with Gasteiger partial charge >= 0.3 is 18.0 Å². The van der Waals surface area contributed by atoms with Crippen LogP contribution < -0.4 is 16.0 Å². The van der Waals surface area contributed by atoms with Crippen LogP contribution in [0, 0.1) is 0 Å². The molecule has 0 heterocycles. The molecule has 0 aromatic heterocycles. The molecule has 3 amide bonds. The van der Waals surface area contributed by atoms with E-state index in [0.29, 0.717) is 26.2 Å². The summed E-state index contributed by atoms with van der Waals surface area (Å²) in [6.07, 6.45) is -0.0500. The summed E-state index contributed by atoms with van der Waals surface area (Å²) < 4.78 is 48.5. The molecule has 0 aliphatic heterocycles. The Bertz CT molecular complexity index is 969. The van der Waals surface area contributed by atoms with Gasteiger partial charge in [0.1, 0.15) is 24.4 Å². The van der Waals surface area contributed by atoms with Crippen LogP contribution in [0.15, 0.2) is 0 Å². The van der Waals surface area contributed by atoms with Crippen molar-refractivity contribution in [1.82, 2.24) is 16.0 Å². The standard InChI is InChI=1S/C34H63N3O16/c1-7-49-30(40)11-17-46-26-34(25-45-15-10-16-52-51-9-3,27-47-18-12-31(41)50-8-2)37-29(39)24-48-23-28(38)35-13-19-43-21-22-44-20-14-36-32(42)53-33(4,5)6/h7-27H2,1-6H3,(H,35,38)(H,36,42)(H,37,39). The number of carbonyl (C=O) groups excluding carboxylic acids is 5. The molecule has 0 fully saturated rings. The van der Waals surface area contributed by atoms with Crippen molar-refractivity contribution in [1.29, 1.82) is 0 Å². The average Bonchev–Trinajstić information content (AvgIpc) is 3.08. The van der Waals surface area contributed by atoms with Gasteiger partial charge in [0.05, 0.1) is 98.7 Å². The normalized spacial score (nSPS) is 11.5. The van der Waals surface area contributed by atoms with Gasteiger partial charge in [0.15, 0.2) is 0 Å². The summed E-state index contributed by atoms with van der Waals surface area (Å²) >= 11 is 0. The van der Waals surface area contributed by atoms with Gasteiger partial charge in [0.25, 0.3) is 0 Å². The topological polar surface area (TPSA) is 223 Å². The number of hydrogen-bond acceptors (Lipinski definition) is 16. The lowest BCUT2D eigenvalue weighted by atomic mass is 10.0. The van der Waals surface area contributed by atoms with Crippen LogP contribution in [-0.2, 0) is 71.6 Å². The number of carbonyl (C=O) groups is 5. The Balaban J connectivity index is 4.84. The minimum absolute atomic E-state index is 0.00220. The number of alkyl carbamates (subject to hydrolysis) is 1. The summed E-state index contributed by atoms with van der Waals surface area (Å²) in [6, 6.07) is 0. The molecule has 0 saturated heterocycles. The van der Waals surface area contributed by atoms with Gasteiger partial charge < -0.3 is 58.6 Å². The molecule has 0 aromatic carbocycles. The Morgan fingerprint density at radius 2 is 1.06 bits per heavy atom. The Kier molecular flexibility index (Phi) is 30.3. The van der Waals surface area contributed by atoms with Crippen molar-refractivity contribution in [3.05, 3.63) is 0 Å². The van der Waals surface area contributed by atoms with E-state index >= 15 is 0 Å². The molecule has 19 nitrogen and oxygen atoms in total. The molecule has 0 atom stereocenters. The molecule has 0 aliphatic rings. The van der Waals surface area contributed by atoms with Crippen LogP contribution in [0.2, 0.25) is 0 Å². The van der Waals surface area contributed by atoms with Gasteiger partial charge in [-0.15, -0.1) is 0 Å². The molecule has 53 heavy (non-hydrogen) atoms. The second kappa shape index (κ2) is 32.3. The quantitative estimate of drug-likeness (QED) is 0.0271. The number of rotatable bonds is 34. The third kappa shape index (κ3) is 32.0. The fourth-order valence-electron chi connectivity index (χ4n) is 3.92. The maximum atomic E-state index is 13.0. The maximum Gasteiger partial charge on any atom is 0.407 e. The van der Waals surface area contributed by atoms with Crippen LogP contribution in [-0.4, -0.2) is 160 Å². The third-order valence-corrected chi connectivity index (χ3v) is 6.09. The van der Waals surface area contributed by atoms with Gasteiger partial charge in [0.2, 0.25) is 11.8 Å². The Morgan fingerprint density at radius 3 is 1.58 bits per heavy atom. The zero-order chi connectivity index (χ0) is 39.6. The molecule has 19 heteroatoms. The van der Waals surface area contributed by atoms with Crippen molar-refractivity contribution in [2.24, 2.45) is 0 Å². The SMILES string of the molecule is CCOOCCCOCC(COCCC(=O)OCC)(COCCC(=O)OCC)NC(=O)COCC(=O)NCCOCCOCCNC(=O)OC(C)(C)C. The Labute approximate surface area is 312 Å². The van der Waals surface area contributed by atoms with E-state index in [1.165, 1.54) is 0 Å². The largest absolute Gasteiger partial charge is 0.466 e. The summed E-state index contributed by atoms with van der Waals surface area (Å²) in [4.78, 5) is 70.3. The van der Waals surface area contributed by atoms with Crippen LogP contribution in [0.1, 0.15) is 60.8 Å². The van der Waals surface area contributed by atoms with Gasteiger partial charge in [-0.2, -0.15) is 0 Å². The van der Waals surface area contributed by atoms with Gasteiger partial charge in [-0.1, -0.05) is 0 Å². The molecule has 310 valence electrons. The highest BCUT2D eigenvalue weighted by Crippen LogP contribution is 2.11. The van der Waals surface area contributed by atoms with E-state index in [2.05, 4.69) is 16.0 Å². The predicted octanol–water partition coefficient (Wildman–Crippen LogP) is 0.847. The van der Waals surface area contributed by atoms with Gasteiger partial charge in [0, 0.05) is 19.7 Å². The smallest absolute Gasteiger partial charge is 0.407 e. The van der Waals surface area contributed by atoms with Crippen molar-refractivity contribution < 1.29 is 76.4 Å². The summed E-state index contributed by atoms with van der Waals surface area (Å²) in [5.74, 6) is -1.92. The van der Waals surface area contributed by atoms with Gasteiger partial charge in [-0.05, 0) is 48.0 Å². The summed E-state index contributed by atoms with van der Waals surface area (Å²) in [6.45, 7) is 12.3. The highest BCUT2D eigenvalue weighted by molar-refractivity contribution is 5.80. The fourth-order valence-corrected chi connectivity index (χ4v) is 3.92. The highest BCUT2D eigenvalue weighted by Gasteiger charge is 2.34. The molecule has 0 aromatic rings. The molecule has 0 radical (unpaired) electrons. The first-order chi connectivity index (χ1) is 25.4. The van der Waals surface area contributed by atoms with E-state index in [4.69, 9.17) is 52.4 Å². The van der Waals surface area contributed by atoms with Crippen LogP contribution in [0.3, 0.4) is 0 Å². The number of ether oxygens (including phenoxy) is 9. The number of nitrogens with one attached hydrogen (secondary N) is 3. The lowest BCUT2D eigenvalue weighted by Gasteiger charge is -2.34. The van der Waals surface area contributed by atoms with Crippen LogP contribution in [0.4, 0.5) is 4.79 Å². The minimum Gasteiger partial charge on any atom is -0.466 e. The number of amides is 3. The van der Waals surface area contributed by atoms with E-state index in [0.717, 1.165) is 0 Å². The molecular formula is C34H63N3O16. The second-order valence-corrected chi connectivity index (χ2v) is 12.2. The molecule has 0 spiro atoms. The zero-order valence-corrected chi connectivity index (χ0v) is 32.4. The molecule has 3 N–H and O–H groups in total. The third-order valence-electron chi connectivity index (χ3n) is 6.09. The monoisotopic (exact) mass is 769 g/mol. The maximum absolute atomic E-state index is 13.0. The molecular weight excluding hydrogens is 706 g/mol. The number of hydrogen-bond donors (Lipinski definition) is 3. The van der Waals surface area contributed by atoms with E-state index in [1.807, 2.05) is 0 Å². The summed E-state index contributed by atoms with van der Waals surface area (Å²) in [7, 11) is 0. The van der Waals surface area contributed by atoms with E-state index in [-0.39, 0.29) is 98.7 Å². The lowest BCUT2D eigenvalue weighted by molar-refractivity contribution is -0.292. The zero-order valence-electron chi connectivity index (χ0n) is 32.4. The van der Waals surface area contributed by atoms with Gasteiger partial charge in [-0.25, -0.2) is 14.6 Å². The van der Waals surface area contributed by atoms with Crippen LogP contribution in [0.5, 0.6) is 0 Å². The lowest BCUT2D eigenvalue weighted by Crippen LogP contribution is -2.59. The predicted molar refractivity (Wildman–Crippen MR) is 188 cm³/mol. The summed E-state index contributed by atoms with van der Waals surface area (Å²) in [5.41, 5.74) is -1.84. The van der Waals surface area contributed by atoms with E-state index < -0.39 is 54.2 Å². The van der Waals surface area contributed by atoms with E-state index in [1.54, 1.807) is 41.5 Å². The van der Waals surface area contributed by atoms with Crippen molar-refractivity contribution >= 4 is 29.8 Å². The van der Waals surface area contributed by atoms with Crippen molar-refractivity contribution in [3.8, 4) is 0 Å². The first-order valence-corrected chi connectivity index (χ1v) is 17.9. The van der Waals surface area contributed by atoms with Crippen molar-refractivity contribution in [3.63, 3.8) is 0 Å². The number of esters is 2. The molecule has 0 aliphatic carbocycles. The van der Waals surface area contributed by atoms with E-state index in [9.17, 15) is 24.0 Å². The molecule has 0 bridgehead atoms. The Morgan fingerprint density at radius 1 is 0.528 bits per heavy atom. The molecule has 0 saturated carbocycles. The van der Waals surface area contributed by atoms with Crippen LogP contribution >= 0.6 is 0 Å². The average molecular weight is 770 g/mol. The summed E-state index contributed by atoms with van der Waals surface area (Å²) in [5, 5.41) is 8.04.